The second kappa shape index (κ2) is 12.6. The van der Waals surface area contributed by atoms with Gasteiger partial charge in [0.05, 0.1) is 25.2 Å². The van der Waals surface area contributed by atoms with Crippen molar-refractivity contribution in [3.05, 3.63) is 72.0 Å². The van der Waals surface area contributed by atoms with Gasteiger partial charge in [0.2, 0.25) is 16.3 Å². The van der Waals surface area contributed by atoms with Crippen LogP contribution in [0.1, 0.15) is 30.7 Å². The van der Waals surface area contributed by atoms with Crippen molar-refractivity contribution in [2.45, 2.75) is 36.4 Å². The molecule has 0 aromatic heterocycles. The largest absolute Gasteiger partial charge is 0.497 e. The number of ether oxygens (including phenoxy) is 3. The van der Waals surface area contributed by atoms with E-state index in [1.165, 1.54) is 23.5 Å². The normalized spacial score (nSPS) is 20.0. The van der Waals surface area contributed by atoms with Gasteiger partial charge >= 0.3 is 0 Å². The molecule has 0 bridgehead atoms. The highest BCUT2D eigenvalue weighted by Gasteiger charge is 2.32. The third-order valence-corrected chi connectivity index (χ3v) is 8.49. The lowest BCUT2D eigenvalue weighted by molar-refractivity contribution is -0.152. The highest BCUT2D eigenvalue weighted by Crippen LogP contribution is 2.32. The summed E-state index contributed by atoms with van der Waals surface area (Å²) in [6.45, 7) is 1.06. The summed E-state index contributed by atoms with van der Waals surface area (Å²) < 4.78 is 44.5. The third-order valence-electron chi connectivity index (χ3n) is 6.58. The summed E-state index contributed by atoms with van der Waals surface area (Å²) in [7, 11) is -2.35. The number of rotatable bonds is 11. The van der Waals surface area contributed by atoms with Crippen molar-refractivity contribution in [3.63, 3.8) is 0 Å². The molecule has 0 unspecified atom stereocenters. The van der Waals surface area contributed by atoms with Crippen molar-refractivity contribution in [3.8, 4) is 5.75 Å². The van der Waals surface area contributed by atoms with Crippen molar-refractivity contribution >= 4 is 15.9 Å². The van der Waals surface area contributed by atoms with Gasteiger partial charge in [-0.05, 0) is 48.7 Å². The van der Waals surface area contributed by atoms with Gasteiger partial charge in [-0.15, -0.1) is 0 Å². The molecule has 9 nitrogen and oxygen atoms in total. The van der Waals surface area contributed by atoms with Gasteiger partial charge in [0, 0.05) is 38.5 Å². The number of amides is 1. The van der Waals surface area contributed by atoms with E-state index in [0.717, 1.165) is 18.4 Å². The molecule has 0 spiro atoms. The number of benzene rings is 2. The predicted octanol–water partition coefficient (Wildman–Crippen LogP) is 2.73. The summed E-state index contributed by atoms with van der Waals surface area (Å²) in [5, 5.41) is 9.50. The van der Waals surface area contributed by atoms with Crippen molar-refractivity contribution in [2.24, 2.45) is 0 Å². The van der Waals surface area contributed by atoms with Crippen LogP contribution in [0.5, 0.6) is 5.75 Å². The average Bonchev–Trinajstić information content (AvgIpc) is 3.47. The fraction of sp³-hybridized carbons (Fsp3) is 0.444. The van der Waals surface area contributed by atoms with Gasteiger partial charge in [-0.25, -0.2) is 8.42 Å². The maximum Gasteiger partial charge on any atom is 0.288 e. The van der Waals surface area contributed by atoms with Crippen LogP contribution in [0.4, 0.5) is 0 Å². The molecule has 0 radical (unpaired) electrons. The zero-order valence-electron chi connectivity index (χ0n) is 21.0. The lowest BCUT2D eigenvalue weighted by atomic mass is 9.93. The molecule has 10 heteroatoms. The van der Waals surface area contributed by atoms with E-state index in [1.807, 2.05) is 36.4 Å². The lowest BCUT2D eigenvalue weighted by Gasteiger charge is -2.31. The Kier molecular flexibility index (Phi) is 9.20. The fourth-order valence-corrected chi connectivity index (χ4v) is 5.98. The molecule has 2 aliphatic rings. The highest BCUT2D eigenvalue weighted by molar-refractivity contribution is 7.89. The maximum atomic E-state index is 13.2. The van der Waals surface area contributed by atoms with E-state index in [-0.39, 0.29) is 48.8 Å². The number of allylic oxidation sites excluding steroid dienone is 1. The van der Waals surface area contributed by atoms with Crippen LogP contribution in [0.2, 0.25) is 0 Å². The number of aliphatic hydroxyl groups excluding tert-OH is 1. The molecule has 1 amide bonds. The minimum absolute atomic E-state index is 0.0178. The number of aliphatic hydroxyl groups is 1. The van der Waals surface area contributed by atoms with Gasteiger partial charge < -0.3 is 24.2 Å². The Hall–Kier alpha value is -2.92. The minimum Gasteiger partial charge on any atom is -0.497 e. The monoisotopic (exact) mass is 530 g/mol. The van der Waals surface area contributed by atoms with E-state index in [0.29, 0.717) is 25.3 Å². The Morgan fingerprint density at radius 1 is 1.08 bits per heavy atom. The topological polar surface area (TPSA) is 106 Å². The minimum atomic E-state index is -3.86. The van der Waals surface area contributed by atoms with Gasteiger partial charge in [0.1, 0.15) is 5.75 Å². The summed E-state index contributed by atoms with van der Waals surface area (Å²) in [4.78, 5) is 15.0. The fourth-order valence-electron chi connectivity index (χ4n) is 4.57. The number of methoxy groups -OCH3 is 1. The van der Waals surface area contributed by atoms with Crippen LogP contribution in [0.3, 0.4) is 0 Å². The molecular weight excluding hydrogens is 496 g/mol. The Bertz CT molecular complexity index is 1160. The van der Waals surface area contributed by atoms with Crippen LogP contribution < -0.4 is 4.74 Å². The van der Waals surface area contributed by atoms with E-state index >= 15 is 0 Å². The molecule has 4 rings (SSSR count). The average molecular weight is 531 g/mol. The first-order valence-corrected chi connectivity index (χ1v) is 14.0. The first-order valence-electron chi connectivity index (χ1n) is 12.5. The number of hydrogen-bond acceptors (Lipinski definition) is 7. The number of likely N-dealkylation sites (tertiary alicyclic amines) is 1. The van der Waals surface area contributed by atoms with Crippen molar-refractivity contribution < 1.29 is 32.5 Å². The molecule has 200 valence electrons. The van der Waals surface area contributed by atoms with E-state index in [4.69, 9.17) is 14.2 Å². The van der Waals surface area contributed by atoms with E-state index in [1.54, 1.807) is 17.0 Å². The molecule has 0 saturated carbocycles. The number of nitrogens with zero attached hydrogens (tertiary/aromatic N) is 2. The summed E-state index contributed by atoms with van der Waals surface area (Å²) >= 11 is 0. The second-order valence-electron chi connectivity index (χ2n) is 9.00. The number of hydrogen-bond donors (Lipinski definition) is 1. The Balaban J connectivity index is 1.44. The number of sulfonamides is 1. The van der Waals surface area contributed by atoms with E-state index in [2.05, 4.69) is 0 Å². The molecular formula is C27H34N2O7S. The SMILES string of the molecule is COc1ccc(S(=O)(=O)N(CCO)CCO[C@@H]2C[C@H](c3ccccc3)C=C(C(=O)N3CCCC3)O2)cc1. The first kappa shape index (κ1) is 27.1. The zero-order valence-corrected chi connectivity index (χ0v) is 21.8. The zero-order chi connectivity index (χ0) is 26.3. The highest BCUT2D eigenvalue weighted by atomic mass is 32.2. The summed E-state index contributed by atoms with van der Waals surface area (Å²) in [6, 6.07) is 15.9. The van der Waals surface area contributed by atoms with Crippen LogP contribution >= 0.6 is 0 Å². The molecule has 2 aromatic carbocycles. The van der Waals surface area contributed by atoms with Gasteiger partial charge in [-0.1, -0.05) is 30.3 Å². The summed E-state index contributed by atoms with van der Waals surface area (Å²) in [6.07, 6.45) is 3.60. The van der Waals surface area contributed by atoms with Crippen molar-refractivity contribution in [1.82, 2.24) is 9.21 Å². The summed E-state index contributed by atoms with van der Waals surface area (Å²) in [5.74, 6) is 0.601. The molecule has 37 heavy (non-hydrogen) atoms. The Morgan fingerprint density at radius 2 is 1.78 bits per heavy atom. The predicted molar refractivity (Wildman–Crippen MR) is 137 cm³/mol. The first-order chi connectivity index (χ1) is 17.9. The van der Waals surface area contributed by atoms with Crippen LogP contribution in [-0.2, 0) is 24.3 Å². The summed E-state index contributed by atoms with van der Waals surface area (Å²) in [5.41, 5.74) is 1.05. The van der Waals surface area contributed by atoms with Gasteiger partial charge in [-0.3, -0.25) is 4.79 Å². The smallest absolute Gasteiger partial charge is 0.288 e. The number of carbonyl (C=O) groups is 1. The number of carbonyl (C=O) groups excluding carboxylic acids is 1. The van der Waals surface area contributed by atoms with Crippen molar-refractivity contribution in [2.75, 3.05) is 46.5 Å². The van der Waals surface area contributed by atoms with Gasteiger partial charge in [-0.2, -0.15) is 4.31 Å². The third kappa shape index (κ3) is 6.70. The van der Waals surface area contributed by atoms with Gasteiger partial charge in [0.15, 0.2) is 5.76 Å². The van der Waals surface area contributed by atoms with E-state index < -0.39 is 16.3 Å². The molecule has 2 aromatic rings. The molecule has 1 N–H and O–H groups in total. The quantitative estimate of drug-likeness (QED) is 0.476. The lowest BCUT2D eigenvalue weighted by Crippen LogP contribution is -2.38. The maximum absolute atomic E-state index is 13.2. The van der Waals surface area contributed by atoms with Crippen molar-refractivity contribution in [1.29, 1.82) is 0 Å². The molecule has 0 aliphatic carbocycles. The molecule has 1 saturated heterocycles. The van der Waals surface area contributed by atoms with Crippen LogP contribution in [-0.4, -0.2) is 81.4 Å². The van der Waals surface area contributed by atoms with E-state index in [9.17, 15) is 18.3 Å². The van der Waals surface area contributed by atoms with Crippen LogP contribution in [0.15, 0.2) is 71.3 Å². The standard InChI is InChI=1S/C27H34N2O7S/c1-34-23-9-11-24(12-10-23)37(32,33)29(15-17-30)16-18-35-26-20-22(21-7-3-2-4-8-21)19-25(36-26)27(31)28-13-5-6-14-28/h2-4,7-12,19,22,26,30H,5-6,13-18,20H2,1H3/t22-,26+/m1/s1. The second-order valence-corrected chi connectivity index (χ2v) is 10.9. The van der Waals surface area contributed by atoms with Crippen LogP contribution in [0.25, 0.3) is 0 Å². The molecule has 1 fully saturated rings. The Morgan fingerprint density at radius 3 is 2.43 bits per heavy atom. The molecule has 2 aliphatic heterocycles. The van der Waals surface area contributed by atoms with Gasteiger partial charge in [0.25, 0.3) is 5.91 Å². The molecule has 2 heterocycles. The molecule has 2 atom stereocenters. The van der Waals surface area contributed by atoms with Crippen LogP contribution in [0, 0.1) is 0 Å². The Labute approximate surface area is 218 Å².